The average molecular weight is 296 g/mol. The molecule has 1 unspecified atom stereocenters. The van der Waals surface area contributed by atoms with Crippen LogP contribution >= 0.6 is 0 Å². The van der Waals surface area contributed by atoms with Gasteiger partial charge in [-0.15, -0.1) is 0 Å². The van der Waals surface area contributed by atoms with Crippen LogP contribution in [0.3, 0.4) is 0 Å². The highest BCUT2D eigenvalue weighted by molar-refractivity contribution is 5.98. The van der Waals surface area contributed by atoms with Crippen LogP contribution in [0, 0.1) is 17.0 Å². The Bertz CT molecular complexity index is 558. The van der Waals surface area contributed by atoms with Gasteiger partial charge in [0.25, 0.3) is 11.6 Å². The van der Waals surface area contributed by atoms with Gasteiger partial charge in [0.05, 0.1) is 4.92 Å². The highest BCUT2D eigenvalue weighted by atomic mass is 16.6. The van der Waals surface area contributed by atoms with Crippen LogP contribution in [0.2, 0.25) is 0 Å². The number of methoxy groups -OCH3 is 1. The van der Waals surface area contributed by atoms with Crippen molar-refractivity contribution in [1.82, 2.24) is 5.32 Å². The second-order valence-electron chi connectivity index (χ2n) is 4.40. The average Bonchev–Trinajstić information content (AvgIpc) is 2.42. The number of nitrogens with one attached hydrogen (secondary N) is 1. The molecule has 8 heteroatoms. The van der Waals surface area contributed by atoms with Crippen LogP contribution in [0.4, 0.5) is 5.69 Å². The van der Waals surface area contributed by atoms with Gasteiger partial charge >= 0.3 is 5.97 Å². The molecular formula is C13H16N2O6. The fourth-order valence-corrected chi connectivity index (χ4v) is 1.70. The van der Waals surface area contributed by atoms with Crippen LogP contribution in [0.5, 0.6) is 0 Å². The lowest BCUT2D eigenvalue weighted by Gasteiger charge is -2.14. The topological polar surface area (TPSA) is 119 Å². The summed E-state index contributed by atoms with van der Waals surface area (Å²) in [5, 5.41) is 22.1. The summed E-state index contributed by atoms with van der Waals surface area (Å²) < 4.78 is 4.78. The van der Waals surface area contributed by atoms with Gasteiger partial charge in [-0.05, 0) is 12.5 Å². The number of amides is 1. The SMILES string of the molecule is COCCC(NC(=O)c1cc([N+](=O)[O-])ccc1C)C(=O)O. The lowest BCUT2D eigenvalue weighted by atomic mass is 10.1. The van der Waals surface area contributed by atoms with Crippen molar-refractivity contribution in [3.63, 3.8) is 0 Å². The molecule has 0 aliphatic heterocycles. The fourth-order valence-electron chi connectivity index (χ4n) is 1.70. The number of hydrogen-bond donors (Lipinski definition) is 2. The van der Waals surface area contributed by atoms with Crippen LogP contribution in [-0.2, 0) is 9.53 Å². The molecular weight excluding hydrogens is 280 g/mol. The third-order valence-electron chi connectivity index (χ3n) is 2.89. The first-order valence-corrected chi connectivity index (χ1v) is 6.14. The highest BCUT2D eigenvalue weighted by Crippen LogP contribution is 2.17. The Hall–Kier alpha value is -2.48. The minimum atomic E-state index is -1.19. The molecule has 2 N–H and O–H groups in total. The summed E-state index contributed by atoms with van der Waals surface area (Å²) in [4.78, 5) is 33.2. The lowest BCUT2D eigenvalue weighted by Crippen LogP contribution is -2.41. The minimum Gasteiger partial charge on any atom is -0.480 e. The van der Waals surface area contributed by atoms with E-state index in [1.54, 1.807) is 6.92 Å². The van der Waals surface area contributed by atoms with Crippen molar-refractivity contribution in [2.75, 3.05) is 13.7 Å². The van der Waals surface area contributed by atoms with E-state index >= 15 is 0 Å². The van der Waals surface area contributed by atoms with E-state index in [-0.39, 0.29) is 24.3 Å². The highest BCUT2D eigenvalue weighted by Gasteiger charge is 2.22. The molecule has 1 amide bonds. The Labute approximate surface area is 120 Å². The van der Waals surface area contributed by atoms with E-state index in [2.05, 4.69) is 5.32 Å². The fraction of sp³-hybridized carbons (Fsp3) is 0.385. The van der Waals surface area contributed by atoms with Gasteiger partial charge in [0, 0.05) is 37.8 Å². The predicted octanol–water partition coefficient (Wildman–Crippen LogP) is 1.12. The van der Waals surface area contributed by atoms with E-state index in [4.69, 9.17) is 9.84 Å². The molecule has 0 saturated carbocycles. The Morgan fingerprint density at radius 2 is 2.14 bits per heavy atom. The number of nitrogens with zero attached hydrogens (tertiary/aromatic N) is 1. The number of carboxylic acids is 1. The summed E-state index contributed by atoms with van der Waals surface area (Å²) in [6.45, 7) is 1.79. The Morgan fingerprint density at radius 3 is 2.67 bits per heavy atom. The molecule has 114 valence electrons. The summed E-state index contributed by atoms with van der Waals surface area (Å²) in [5.41, 5.74) is 0.372. The van der Waals surface area contributed by atoms with Gasteiger partial charge in [-0.1, -0.05) is 6.07 Å². The van der Waals surface area contributed by atoms with Crippen LogP contribution in [0.25, 0.3) is 0 Å². The molecule has 0 radical (unpaired) electrons. The zero-order chi connectivity index (χ0) is 16.0. The Morgan fingerprint density at radius 1 is 1.48 bits per heavy atom. The van der Waals surface area contributed by atoms with E-state index < -0.39 is 22.8 Å². The number of nitro benzene ring substituents is 1. The number of carbonyl (C=O) groups is 2. The van der Waals surface area contributed by atoms with E-state index in [1.165, 1.54) is 19.2 Å². The van der Waals surface area contributed by atoms with E-state index in [1.807, 2.05) is 0 Å². The number of carboxylic acid groups (broad SMARTS) is 1. The van der Waals surface area contributed by atoms with E-state index in [0.717, 1.165) is 6.07 Å². The summed E-state index contributed by atoms with van der Waals surface area (Å²) in [7, 11) is 1.42. The molecule has 8 nitrogen and oxygen atoms in total. The van der Waals surface area contributed by atoms with Gasteiger partial charge in [0.2, 0.25) is 0 Å². The molecule has 0 heterocycles. The van der Waals surface area contributed by atoms with Crippen molar-refractivity contribution in [2.24, 2.45) is 0 Å². The summed E-state index contributed by atoms with van der Waals surface area (Å²) >= 11 is 0. The molecule has 1 atom stereocenters. The van der Waals surface area contributed by atoms with Crippen molar-refractivity contribution in [2.45, 2.75) is 19.4 Å². The van der Waals surface area contributed by atoms with Crippen molar-refractivity contribution < 1.29 is 24.4 Å². The molecule has 0 bridgehead atoms. The molecule has 1 rings (SSSR count). The number of hydrogen-bond acceptors (Lipinski definition) is 5. The number of aryl methyl sites for hydroxylation is 1. The monoisotopic (exact) mass is 296 g/mol. The van der Waals surface area contributed by atoms with Crippen LogP contribution < -0.4 is 5.32 Å². The molecule has 0 aliphatic carbocycles. The summed E-state index contributed by atoms with van der Waals surface area (Å²) in [5.74, 6) is -1.86. The quantitative estimate of drug-likeness (QED) is 0.575. The van der Waals surface area contributed by atoms with Crippen LogP contribution in [-0.4, -0.2) is 41.7 Å². The van der Waals surface area contributed by atoms with Crippen molar-refractivity contribution in [3.8, 4) is 0 Å². The maximum atomic E-state index is 12.1. The normalized spacial score (nSPS) is 11.7. The maximum absolute atomic E-state index is 12.1. The van der Waals surface area contributed by atoms with Crippen LogP contribution in [0.1, 0.15) is 22.3 Å². The van der Waals surface area contributed by atoms with Crippen molar-refractivity contribution in [1.29, 1.82) is 0 Å². The molecule has 0 aromatic heterocycles. The Balaban J connectivity index is 2.94. The number of ether oxygens (including phenoxy) is 1. The third-order valence-corrected chi connectivity index (χ3v) is 2.89. The smallest absolute Gasteiger partial charge is 0.326 e. The van der Waals surface area contributed by atoms with Gasteiger partial charge in [0.15, 0.2) is 0 Å². The molecule has 0 spiro atoms. The standard InChI is InChI=1S/C13H16N2O6/c1-8-3-4-9(15(19)20)7-10(8)12(16)14-11(13(17)18)5-6-21-2/h3-4,7,11H,5-6H2,1-2H3,(H,14,16)(H,17,18). The molecule has 0 aliphatic rings. The predicted molar refractivity (Wildman–Crippen MR) is 73.2 cm³/mol. The second-order valence-corrected chi connectivity index (χ2v) is 4.40. The number of carbonyl (C=O) groups excluding carboxylic acids is 1. The first-order valence-electron chi connectivity index (χ1n) is 6.14. The van der Waals surface area contributed by atoms with Crippen LogP contribution in [0.15, 0.2) is 18.2 Å². The maximum Gasteiger partial charge on any atom is 0.326 e. The van der Waals surface area contributed by atoms with Crippen molar-refractivity contribution >= 4 is 17.6 Å². The number of non-ortho nitro benzene ring substituents is 1. The second kappa shape index (κ2) is 7.34. The van der Waals surface area contributed by atoms with Gasteiger partial charge in [0.1, 0.15) is 6.04 Å². The van der Waals surface area contributed by atoms with Gasteiger partial charge in [-0.3, -0.25) is 14.9 Å². The number of rotatable bonds is 7. The minimum absolute atomic E-state index is 0.0767. The first-order chi connectivity index (χ1) is 9.86. The molecule has 0 fully saturated rings. The number of aliphatic carboxylic acids is 1. The summed E-state index contributed by atoms with van der Waals surface area (Å²) in [6.07, 6.45) is 0.103. The van der Waals surface area contributed by atoms with Gasteiger partial charge in [-0.2, -0.15) is 0 Å². The Kier molecular flexibility index (Phi) is 5.79. The number of nitro groups is 1. The third kappa shape index (κ3) is 4.53. The zero-order valence-electron chi connectivity index (χ0n) is 11.7. The molecule has 21 heavy (non-hydrogen) atoms. The van der Waals surface area contributed by atoms with Crippen molar-refractivity contribution in [3.05, 3.63) is 39.4 Å². The molecule has 1 aromatic rings. The van der Waals surface area contributed by atoms with E-state index in [0.29, 0.717) is 5.56 Å². The first kappa shape index (κ1) is 16.6. The van der Waals surface area contributed by atoms with Gasteiger partial charge in [-0.25, -0.2) is 4.79 Å². The largest absolute Gasteiger partial charge is 0.480 e. The van der Waals surface area contributed by atoms with Gasteiger partial charge < -0.3 is 15.2 Å². The number of benzene rings is 1. The lowest BCUT2D eigenvalue weighted by molar-refractivity contribution is -0.384. The zero-order valence-corrected chi connectivity index (χ0v) is 11.7. The molecule has 1 aromatic carbocycles. The van der Waals surface area contributed by atoms with E-state index in [9.17, 15) is 19.7 Å². The summed E-state index contributed by atoms with van der Waals surface area (Å²) in [6, 6.07) is 2.74. The molecule has 0 saturated heterocycles.